The summed E-state index contributed by atoms with van der Waals surface area (Å²) in [4.78, 5) is 0. The average molecular weight is 273 g/mol. The van der Waals surface area contributed by atoms with Gasteiger partial charge in [0.05, 0.1) is 0 Å². The predicted molar refractivity (Wildman–Crippen MR) is 70.4 cm³/mol. The van der Waals surface area contributed by atoms with Gasteiger partial charge in [0.2, 0.25) is 0 Å². The number of alkyl halides is 2. The Morgan fingerprint density at radius 1 is 1.32 bits per heavy atom. The second kappa shape index (κ2) is 8.07. The lowest BCUT2D eigenvalue weighted by Crippen LogP contribution is -2.31. The molecule has 0 radical (unpaired) electrons. The molecule has 0 aliphatic rings. The van der Waals surface area contributed by atoms with Crippen molar-refractivity contribution in [1.82, 2.24) is 5.32 Å². The molecule has 19 heavy (non-hydrogen) atoms. The molecule has 1 rings (SSSR count). The molecule has 0 spiro atoms. The summed E-state index contributed by atoms with van der Waals surface area (Å²) in [6.45, 7) is 1.20. The zero-order valence-electron chi connectivity index (χ0n) is 11.3. The standard InChI is InChI=1S/C14H21F2NO2/c1-3-12(17-10(2)8-9-18)11-6-4-5-7-13(11)19-14(15)16/h4-7,10,12,14,17-18H,3,8-9H2,1-2H3. The van der Waals surface area contributed by atoms with Crippen LogP contribution in [0.1, 0.15) is 38.3 Å². The van der Waals surface area contributed by atoms with Gasteiger partial charge in [-0.3, -0.25) is 0 Å². The van der Waals surface area contributed by atoms with E-state index in [4.69, 9.17) is 5.11 Å². The van der Waals surface area contributed by atoms with Gasteiger partial charge in [0.15, 0.2) is 0 Å². The van der Waals surface area contributed by atoms with Crippen LogP contribution in [-0.2, 0) is 0 Å². The first-order valence-corrected chi connectivity index (χ1v) is 6.49. The summed E-state index contributed by atoms with van der Waals surface area (Å²) in [6, 6.07) is 6.83. The van der Waals surface area contributed by atoms with Crippen LogP contribution in [-0.4, -0.2) is 24.4 Å². The minimum Gasteiger partial charge on any atom is -0.434 e. The van der Waals surface area contributed by atoms with Crippen molar-refractivity contribution in [3.63, 3.8) is 0 Å². The van der Waals surface area contributed by atoms with Gasteiger partial charge < -0.3 is 15.2 Å². The molecular weight excluding hydrogens is 252 g/mol. The molecule has 1 aromatic rings. The fraction of sp³-hybridized carbons (Fsp3) is 0.571. The Hall–Kier alpha value is -1.20. The quantitative estimate of drug-likeness (QED) is 0.764. The topological polar surface area (TPSA) is 41.5 Å². The van der Waals surface area contributed by atoms with Crippen molar-refractivity contribution < 1.29 is 18.6 Å². The molecule has 0 aliphatic heterocycles. The zero-order chi connectivity index (χ0) is 14.3. The van der Waals surface area contributed by atoms with E-state index < -0.39 is 6.61 Å². The number of benzene rings is 1. The molecule has 5 heteroatoms. The molecule has 0 amide bonds. The molecule has 2 unspecified atom stereocenters. The van der Waals surface area contributed by atoms with E-state index in [2.05, 4.69) is 10.1 Å². The second-order valence-corrected chi connectivity index (χ2v) is 4.46. The Kier molecular flexibility index (Phi) is 6.73. The SMILES string of the molecule is CCC(NC(C)CCO)c1ccccc1OC(F)F. The van der Waals surface area contributed by atoms with Gasteiger partial charge in [0, 0.05) is 24.3 Å². The zero-order valence-corrected chi connectivity index (χ0v) is 11.3. The Morgan fingerprint density at radius 3 is 2.58 bits per heavy atom. The Balaban J connectivity index is 2.85. The lowest BCUT2D eigenvalue weighted by Gasteiger charge is -2.24. The summed E-state index contributed by atoms with van der Waals surface area (Å²) in [7, 11) is 0. The maximum atomic E-state index is 12.4. The van der Waals surface area contributed by atoms with Gasteiger partial charge in [-0.15, -0.1) is 0 Å². The van der Waals surface area contributed by atoms with Crippen molar-refractivity contribution in [3.05, 3.63) is 29.8 Å². The summed E-state index contributed by atoms with van der Waals surface area (Å²) in [5.74, 6) is 0.202. The molecule has 2 N–H and O–H groups in total. The molecule has 0 heterocycles. The first kappa shape index (κ1) is 15.9. The molecule has 0 aromatic heterocycles. The van der Waals surface area contributed by atoms with E-state index in [0.717, 1.165) is 12.0 Å². The Morgan fingerprint density at radius 2 is 2.00 bits per heavy atom. The fourth-order valence-corrected chi connectivity index (χ4v) is 2.02. The number of hydrogen-bond donors (Lipinski definition) is 2. The monoisotopic (exact) mass is 273 g/mol. The lowest BCUT2D eigenvalue weighted by atomic mass is 10.0. The van der Waals surface area contributed by atoms with Crippen LogP contribution in [0.3, 0.4) is 0 Å². The summed E-state index contributed by atoms with van der Waals surface area (Å²) < 4.78 is 29.3. The smallest absolute Gasteiger partial charge is 0.387 e. The third-order valence-corrected chi connectivity index (χ3v) is 2.97. The molecule has 1 aromatic carbocycles. The van der Waals surface area contributed by atoms with Gasteiger partial charge >= 0.3 is 6.61 Å². The van der Waals surface area contributed by atoms with Crippen LogP contribution in [0.25, 0.3) is 0 Å². The first-order chi connectivity index (χ1) is 9.08. The van der Waals surface area contributed by atoms with E-state index in [9.17, 15) is 8.78 Å². The average Bonchev–Trinajstić information content (AvgIpc) is 2.36. The molecule has 108 valence electrons. The van der Waals surface area contributed by atoms with Crippen LogP contribution in [0.5, 0.6) is 5.75 Å². The Labute approximate surface area is 112 Å². The van der Waals surface area contributed by atoms with Crippen molar-refractivity contribution in [1.29, 1.82) is 0 Å². The molecule has 0 saturated heterocycles. The maximum Gasteiger partial charge on any atom is 0.387 e. The number of halogens is 2. The molecule has 0 bridgehead atoms. The normalized spacial score (nSPS) is 14.4. The highest BCUT2D eigenvalue weighted by Crippen LogP contribution is 2.28. The van der Waals surface area contributed by atoms with Crippen molar-refractivity contribution >= 4 is 0 Å². The highest BCUT2D eigenvalue weighted by molar-refractivity contribution is 5.36. The lowest BCUT2D eigenvalue weighted by molar-refractivity contribution is -0.0507. The van der Waals surface area contributed by atoms with Gasteiger partial charge in [-0.1, -0.05) is 25.1 Å². The third-order valence-electron chi connectivity index (χ3n) is 2.97. The minimum absolute atomic E-state index is 0.0727. The van der Waals surface area contributed by atoms with E-state index in [1.165, 1.54) is 0 Å². The van der Waals surface area contributed by atoms with Gasteiger partial charge in [-0.05, 0) is 25.8 Å². The number of rotatable bonds is 8. The van der Waals surface area contributed by atoms with Crippen LogP contribution < -0.4 is 10.1 Å². The third kappa shape index (κ3) is 5.12. The van der Waals surface area contributed by atoms with Gasteiger partial charge in [-0.25, -0.2) is 0 Å². The van der Waals surface area contributed by atoms with E-state index in [1.54, 1.807) is 24.3 Å². The molecule has 0 aliphatic carbocycles. The first-order valence-electron chi connectivity index (χ1n) is 6.49. The molecule has 0 fully saturated rings. The van der Waals surface area contributed by atoms with Crippen molar-refractivity contribution in [2.24, 2.45) is 0 Å². The van der Waals surface area contributed by atoms with Crippen LogP contribution >= 0.6 is 0 Å². The number of aliphatic hydroxyl groups excluding tert-OH is 1. The van der Waals surface area contributed by atoms with E-state index >= 15 is 0 Å². The predicted octanol–water partition coefficient (Wildman–Crippen LogP) is 3.10. The Bertz CT molecular complexity index is 374. The van der Waals surface area contributed by atoms with Crippen molar-refractivity contribution in [2.75, 3.05) is 6.61 Å². The molecule has 2 atom stereocenters. The number of aliphatic hydroxyl groups is 1. The number of ether oxygens (including phenoxy) is 1. The van der Waals surface area contributed by atoms with Gasteiger partial charge in [0.1, 0.15) is 5.75 Å². The molecule has 0 saturated carbocycles. The highest BCUT2D eigenvalue weighted by Gasteiger charge is 2.18. The van der Waals surface area contributed by atoms with Crippen LogP contribution in [0.4, 0.5) is 8.78 Å². The van der Waals surface area contributed by atoms with Crippen LogP contribution in [0, 0.1) is 0 Å². The largest absolute Gasteiger partial charge is 0.434 e. The summed E-state index contributed by atoms with van der Waals surface area (Å²) in [5, 5.41) is 12.2. The summed E-state index contributed by atoms with van der Waals surface area (Å²) in [6.07, 6.45) is 1.37. The van der Waals surface area contributed by atoms with Crippen LogP contribution in [0.15, 0.2) is 24.3 Å². The van der Waals surface area contributed by atoms with E-state index in [1.807, 2.05) is 13.8 Å². The number of para-hydroxylation sites is 1. The molecular formula is C14H21F2NO2. The van der Waals surface area contributed by atoms with Crippen LogP contribution in [0.2, 0.25) is 0 Å². The van der Waals surface area contributed by atoms with Crippen molar-refractivity contribution in [2.45, 2.75) is 45.4 Å². The fourth-order valence-electron chi connectivity index (χ4n) is 2.02. The van der Waals surface area contributed by atoms with Gasteiger partial charge in [0.25, 0.3) is 0 Å². The number of nitrogens with one attached hydrogen (secondary N) is 1. The summed E-state index contributed by atoms with van der Waals surface area (Å²) >= 11 is 0. The minimum atomic E-state index is -2.83. The van der Waals surface area contributed by atoms with Crippen molar-refractivity contribution in [3.8, 4) is 5.75 Å². The molecule has 3 nitrogen and oxygen atoms in total. The van der Waals surface area contributed by atoms with E-state index in [-0.39, 0.29) is 24.4 Å². The maximum absolute atomic E-state index is 12.4. The second-order valence-electron chi connectivity index (χ2n) is 4.46. The van der Waals surface area contributed by atoms with Gasteiger partial charge in [-0.2, -0.15) is 8.78 Å². The summed E-state index contributed by atoms with van der Waals surface area (Å²) in [5.41, 5.74) is 0.718. The highest BCUT2D eigenvalue weighted by atomic mass is 19.3. The number of hydrogen-bond acceptors (Lipinski definition) is 3. The van der Waals surface area contributed by atoms with E-state index in [0.29, 0.717) is 6.42 Å².